The zero-order valence-electron chi connectivity index (χ0n) is 15.2. The van der Waals surface area contributed by atoms with E-state index in [1.165, 1.54) is 19.1 Å². The van der Waals surface area contributed by atoms with E-state index in [0.717, 1.165) is 16.3 Å². The molecule has 1 amide bonds. The zero-order chi connectivity index (χ0) is 20.1. The number of carbonyl (C=O) groups excluding carboxylic acids is 2. The molecular formula is C22H19NO5. The molecule has 3 aromatic rings. The Hall–Kier alpha value is -3.67. The fourth-order valence-electron chi connectivity index (χ4n) is 3.00. The summed E-state index contributed by atoms with van der Waals surface area (Å²) in [5.41, 5.74) is 1.04. The predicted molar refractivity (Wildman–Crippen MR) is 104 cm³/mol. The number of rotatable bonds is 6. The number of amides is 1. The number of hydrogen-bond donors (Lipinski definition) is 2. The average molecular weight is 377 g/mol. The highest BCUT2D eigenvalue weighted by atomic mass is 16.5. The highest BCUT2D eigenvalue weighted by Crippen LogP contribution is 2.20. The van der Waals surface area contributed by atoms with Gasteiger partial charge in [-0.2, -0.15) is 0 Å². The molecule has 3 rings (SSSR count). The summed E-state index contributed by atoms with van der Waals surface area (Å²) in [6.07, 6.45) is 0.145. The van der Waals surface area contributed by atoms with E-state index in [0.29, 0.717) is 0 Å². The lowest BCUT2D eigenvalue weighted by Crippen LogP contribution is -2.42. The van der Waals surface area contributed by atoms with Crippen molar-refractivity contribution in [3.8, 4) is 5.75 Å². The molecule has 0 saturated carbocycles. The van der Waals surface area contributed by atoms with Crippen molar-refractivity contribution in [2.45, 2.75) is 19.4 Å². The van der Waals surface area contributed by atoms with Gasteiger partial charge < -0.3 is 15.2 Å². The van der Waals surface area contributed by atoms with Crippen LogP contribution in [0.5, 0.6) is 5.75 Å². The molecule has 0 aliphatic heterocycles. The molecule has 6 nitrogen and oxygen atoms in total. The molecular weight excluding hydrogens is 358 g/mol. The van der Waals surface area contributed by atoms with Crippen molar-refractivity contribution in [1.29, 1.82) is 0 Å². The minimum Gasteiger partial charge on any atom is -0.480 e. The van der Waals surface area contributed by atoms with Crippen LogP contribution in [0, 0.1) is 0 Å². The van der Waals surface area contributed by atoms with E-state index in [1.54, 1.807) is 12.1 Å². The highest BCUT2D eigenvalue weighted by molar-refractivity contribution is 5.97. The summed E-state index contributed by atoms with van der Waals surface area (Å²) in [7, 11) is 0. The van der Waals surface area contributed by atoms with Crippen molar-refractivity contribution in [2.75, 3.05) is 0 Å². The van der Waals surface area contributed by atoms with Gasteiger partial charge in [0.25, 0.3) is 5.91 Å². The van der Waals surface area contributed by atoms with Gasteiger partial charge in [-0.05, 0) is 34.5 Å². The van der Waals surface area contributed by atoms with Crippen LogP contribution in [0.3, 0.4) is 0 Å². The maximum absolute atomic E-state index is 12.5. The molecule has 0 saturated heterocycles. The number of hydrogen-bond acceptors (Lipinski definition) is 4. The summed E-state index contributed by atoms with van der Waals surface area (Å²) in [6, 6.07) is 18.3. The Kier molecular flexibility index (Phi) is 5.69. The number of nitrogens with one attached hydrogen (secondary N) is 1. The summed E-state index contributed by atoms with van der Waals surface area (Å²) in [6.45, 7) is 1.26. The second kappa shape index (κ2) is 8.35. The molecule has 142 valence electrons. The molecule has 3 aromatic carbocycles. The Morgan fingerprint density at radius 3 is 2.46 bits per heavy atom. The van der Waals surface area contributed by atoms with Gasteiger partial charge in [-0.25, -0.2) is 4.79 Å². The Morgan fingerprint density at radius 2 is 1.71 bits per heavy atom. The second-order valence-corrected chi connectivity index (χ2v) is 6.33. The summed E-state index contributed by atoms with van der Waals surface area (Å²) >= 11 is 0. The third kappa shape index (κ3) is 4.54. The van der Waals surface area contributed by atoms with Gasteiger partial charge in [0.05, 0.1) is 0 Å². The molecule has 28 heavy (non-hydrogen) atoms. The number of ether oxygens (including phenoxy) is 1. The van der Waals surface area contributed by atoms with Gasteiger partial charge >= 0.3 is 11.9 Å². The minimum absolute atomic E-state index is 0.145. The molecule has 0 aliphatic rings. The monoisotopic (exact) mass is 377 g/mol. The van der Waals surface area contributed by atoms with Crippen molar-refractivity contribution in [3.05, 3.63) is 77.9 Å². The van der Waals surface area contributed by atoms with Crippen LogP contribution >= 0.6 is 0 Å². The molecule has 0 fully saturated rings. The third-order valence-corrected chi connectivity index (χ3v) is 4.27. The van der Waals surface area contributed by atoms with E-state index >= 15 is 0 Å². The fourth-order valence-corrected chi connectivity index (χ4v) is 3.00. The van der Waals surface area contributed by atoms with Crippen LogP contribution in [0.25, 0.3) is 10.8 Å². The summed E-state index contributed by atoms with van der Waals surface area (Å²) in [5, 5.41) is 14.1. The van der Waals surface area contributed by atoms with E-state index < -0.39 is 23.9 Å². The van der Waals surface area contributed by atoms with E-state index in [4.69, 9.17) is 4.74 Å². The van der Waals surface area contributed by atoms with E-state index in [9.17, 15) is 19.5 Å². The summed E-state index contributed by atoms with van der Waals surface area (Å²) in [5.74, 6) is -1.96. The van der Waals surface area contributed by atoms with Crippen molar-refractivity contribution < 1.29 is 24.2 Å². The third-order valence-electron chi connectivity index (χ3n) is 4.27. The molecule has 0 aliphatic carbocycles. The van der Waals surface area contributed by atoms with Gasteiger partial charge in [-0.15, -0.1) is 0 Å². The SMILES string of the molecule is CC(=O)Oc1cccc(C(=O)N[C@H](Cc2cccc3ccccc23)C(=O)O)c1. The van der Waals surface area contributed by atoms with Gasteiger partial charge in [-0.1, -0.05) is 48.5 Å². The number of carbonyl (C=O) groups is 3. The average Bonchev–Trinajstić information content (AvgIpc) is 2.67. The second-order valence-electron chi connectivity index (χ2n) is 6.33. The molecule has 0 bridgehead atoms. The van der Waals surface area contributed by atoms with E-state index in [1.807, 2.05) is 42.5 Å². The molecule has 1 atom stereocenters. The first-order valence-corrected chi connectivity index (χ1v) is 8.73. The lowest BCUT2D eigenvalue weighted by Gasteiger charge is -2.16. The lowest BCUT2D eigenvalue weighted by atomic mass is 9.98. The van der Waals surface area contributed by atoms with Crippen molar-refractivity contribution >= 4 is 28.6 Å². The maximum Gasteiger partial charge on any atom is 0.326 e. The molecule has 0 radical (unpaired) electrons. The van der Waals surface area contributed by atoms with Gasteiger partial charge in [-0.3, -0.25) is 9.59 Å². The van der Waals surface area contributed by atoms with Crippen molar-refractivity contribution in [1.82, 2.24) is 5.32 Å². The first-order chi connectivity index (χ1) is 13.4. The Morgan fingerprint density at radius 1 is 1.00 bits per heavy atom. The quantitative estimate of drug-likeness (QED) is 0.508. The number of aliphatic carboxylic acids is 1. The van der Waals surface area contributed by atoms with Crippen molar-refractivity contribution in [3.63, 3.8) is 0 Å². The molecule has 6 heteroatoms. The number of fused-ring (bicyclic) bond motifs is 1. The van der Waals surface area contributed by atoms with Crippen LogP contribution in [-0.2, 0) is 16.0 Å². The Balaban J connectivity index is 1.80. The van der Waals surface area contributed by atoms with Crippen LogP contribution in [0.2, 0.25) is 0 Å². The normalized spacial score (nSPS) is 11.6. The number of benzene rings is 3. The number of carboxylic acids is 1. The lowest BCUT2D eigenvalue weighted by molar-refractivity contribution is -0.139. The zero-order valence-corrected chi connectivity index (χ0v) is 15.2. The highest BCUT2D eigenvalue weighted by Gasteiger charge is 2.22. The minimum atomic E-state index is -1.13. The topological polar surface area (TPSA) is 92.7 Å². The van der Waals surface area contributed by atoms with Crippen molar-refractivity contribution in [2.24, 2.45) is 0 Å². The summed E-state index contributed by atoms with van der Waals surface area (Å²) < 4.78 is 4.97. The number of carboxylic acid groups (broad SMARTS) is 1. The smallest absolute Gasteiger partial charge is 0.326 e. The molecule has 0 aromatic heterocycles. The van der Waals surface area contributed by atoms with E-state index in [2.05, 4.69) is 5.32 Å². The first-order valence-electron chi connectivity index (χ1n) is 8.73. The maximum atomic E-state index is 12.5. The number of esters is 1. The molecule has 2 N–H and O–H groups in total. The van der Waals surface area contributed by atoms with Gasteiger partial charge in [0.1, 0.15) is 11.8 Å². The van der Waals surface area contributed by atoms with E-state index in [-0.39, 0.29) is 17.7 Å². The van der Waals surface area contributed by atoms with Gasteiger partial charge in [0.15, 0.2) is 0 Å². The van der Waals surface area contributed by atoms with Crippen LogP contribution in [0.15, 0.2) is 66.7 Å². The summed E-state index contributed by atoms with van der Waals surface area (Å²) in [4.78, 5) is 35.3. The first kappa shape index (κ1) is 19.1. The molecule has 0 heterocycles. The van der Waals surface area contributed by atoms with Gasteiger partial charge in [0.2, 0.25) is 0 Å². The largest absolute Gasteiger partial charge is 0.480 e. The molecule has 0 unspecified atom stereocenters. The van der Waals surface area contributed by atoms with Crippen LogP contribution in [0.4, 0.5) is 0 Å². The standard InChI is InChI=1S/C22H19NO5/c1-14(24)28-18-10-5-9-17(12-18)21(25)23-20(22(26)27)13-16-8-4-7-15-6-2-3-11-19(15)16/h2-12,20H,13H2,1H3,(H,23,25)(H,26,27)/t20-/m1/s1. The molecule has 0 spiro atoms. The fraction of sp³-hybridized carbons (Fsp3) is 0.136. The van der Waals surface area contributed by atoms with Crippen LogP contribution in [-0.4, -0.2) is 29.0 Å². The predicted octanol–water partition coefficient (Wildman–Crippen LogP) is 3.19. The Labute approximate surface area is 161 Å². The van der Waals surface area contributed by atoms with Crippen LogP contribution < -0.4 is 10.1 Å². The van der Waals surface area contributed by atoms with Crippen LogP contribution in [0.1, 0.15) is 22.8 Å². The van der Waals surface area contributed by atoms with Gasteiger partial charge in [0, 0.05) is 18.9 Å². The Bertz CT molecular complexity index is 1040.